The molecule has 66 valence electrons. The molecule has 0 saturated heterocycles. The molecule has 11 heavy (non-hydrogen) atoms. The van der Waals surface area contributed by atoms with Crippen LogP contribution in [0.15, 0.2) is 0 Å². The molecule has 0 aliphatic heterocycles. The third kappa shape index (κ3) is 7.72. The van der Waals surface area contributed by atoms with Crippen LogP contribution >= 0.6 is 11.8 Å². The summed E-state index contributed by atoms with van der Waals surface area (Å²) in [6.45, 7) is 4.34. The molecule has 0 aliphatic rings. The van der Waals surface area contributed by atoms with Crippen LogP contribution in [0.5, 0.6) is 0 Å². The van der Waals surface area contributed by atoms with E-state index in [1.54, 1.807) is 11.8 Å². The largest absolute Gasteiger partial charge is 0.469 e. The van der Waals surface area contributed by atoms with E-state index in [2.05, 4.69) is 18.6 Å². The predicted octanol–water partition coefficient (Wildman–Crippen LogP) is 1.94. The maximum absolute atomic E-state index is 10.6. The Bertz CT molecular complexity index is 113. The van der Waals surface area contributed by atoms with Gasteiger partial charge in [0.25, 0.3) is 0 Å². The molecule has 0 aliphatic carbocycles. The standard InChI is InChI=1S/C8H16O2S/c1-7(2)6-11-5-4-8(9)10-3/h7H,4-6H2,1-3H3. The summed E-state index contributed by atoms with van der Waals surface area (Å²) in [7, 11) is 1.43. The minimum Gasteiger partial charge on any atom is -0.469 e. The van der Waals surface area contributed by atoms with Gasteiger partial charge in [-0.1, -0.05) is 13.8 Å². The molecule has 0 N–H and O–H groups in total. The van der Waals surface area contributed by atoms with Crippen LogP contribution in [0.4, 0.5) is 0 Å². The first kappa shape index (κ1) is 10.8. The highest BCUT2D eigenvalue weighted by Crippen LogP contribution is 2.08. The fourth-order valence-corrected chi connectivity index (χ4v) is 1.53. The van der Waals surface area contributed by atoms with Gasteiger partial charge in [0.1, 0.15) is 0 Å². The van der Waals surface area contributed by atoms with Gasteiger partial charge >= 0.3 is 5.97 Å². The van der Waals surface area contributed by atoms with Gasteiger partial charge < -0.3 is 4.74 Å². The van der Waals surface area contributed by atoms with Crippen molar-refractivity contribution in [3.63, 3.8) is 0 Å². The van der Waals surface area contributed by atoms with Crippen LogP contribution in [0.1, 0.15) is 20.3 Å². The number of esters is 1. The van der Waals surface area contributed by atoms with Crippen molar-refractivity contribution in [2.45, 2.75) is 20.3 Å². The van der Waals surface area contributed by atoms with Crippen LogP contribution in [-0.4, -0.2) is 24.6 Å². The minimum absolute atomic E-state index is 0.110. The van der Waals surface area contributed by atoms with E-state index in [1.165, 1.54) is 7.11 Å². The topological polar surface area (TPSA) is 26.3 Å². The molecule has 0 rings (SSSR count). The molecular weight excluding hydrogens is 160 g/mol. The van der Waals surface area contributed by atoms with Gasteiger partial charge in [-0.15, -0.1) is 0 Å². The van der Waals surface area contributed by atoms with Crippen LogP contribution in [0.3, 0.4) is 0 Å². The summed E-state index contributed by atoms with van der Waals surface area (Å²) >= 11 is 1.80. The number of hydrogen-bond acceptors (Lipinski definition) is 3. The molecule has 0 unspecified atom stereocenters. The van der Waals surface area contributed by atoms with Crippen LogP contribution in [-0.2, 0) is 9.53 Å². The summed E-state index contributed by atoms with van der Waals surface area (Å²) in [5, 5.41) is 0. The lowest BCUT2D eigenvalue weighted by Gasteiger charge is -2.02. The second-order valence-electron chi connectivity index (χ2n) is 2.79. The number of carbonyl (C=O) groups excluding carboxylic acids is 1. The molecule has 3 heteroatoms. The van der Waals surface area contributed by atoms with Crippen molar-refractivity contribution < 1.29 is 9.53 Å². The van der Waals surface area contributed by atoms with E-state index < -0.39 is 0 Å². The van der Waals surface area contributed by atoms with Crippen LogP contribution in [0.25, 0.3) is 0 Å². The Hall–Kier alpha value is -0.180. The first-order valence-electron chi connectivity index (χ1n) is 3.81. The molecule has 0 atom stereocenters. The van der Waals surface area contributed by atoms with Crippen molar-refractivity contribution in [1.29, 1.82) is 0 Å². The van der Waals surface area contributed by atoms with Crippen molar-refractivity contribution in [3.05, 3.63) is 0 Å². The zero-order chi connectivity index (χ0) is 8.69. The monoisotopic (exact) mass is 176 g/mol. The molecule has 0 aromatic heterocycles. The second kappa shape index (κ2) is 6.53. The number of methoxy groups -OCH3 is 1. The molecule has 0 bridgehead atoms. The van der Waals surface area contributed by atoms with E-state index >= 15 is 0 Å². The number of hydrogen-bond donors (Lipinski definition) is 0. The molecule has 0 amide bonds. The summed E-state index contributed by atoms with van der Waals surface area (Å²) < 4.78 is 4.50. The van der Waals surface area contributed by atoms with E-state index in [0.717, 1.165) is 11.5 Å². The molecule has 0 aromatic carbocycles. The van der Waals surface area contributed by atoms with Gasteiger partial charge in [-0.3, -0.25) is 4.79 Å². The van der Waals surface area contributed by atoms with Crippen molar-refractivity contribution in [2.75, 3.05) is 18.6 Å². The van der Waals surface area contributed by atoms with Crippen LogP contribution in [0.2, 0.25) is 0 Å². The fourth-order valence-electron chi connectivity index (χ4n) is 0.577. The Morgan fingerprint density at radius 2 is 2.18 bits per heavy atom. The van der Waals surface area contributed by atoms with E-state index in [9.17, 15) is 4.79 Å². The Morgan fingerprint density at radius 1 is 1.55 bits per heavy atom. The molecule has 0 saturated carbocycles. The van der Waals surface area contributed by atoms with Gasteiger partial charge in [0.2, 0.25) is 0 Å². The Balaban J connectivity index is 3.08. The zero-order valence-corrected chi connectivity index (χ0v) is 8.24. The minimum atomic E-state index is -0.110. The number of rotatable bonds is 5. The molecule has 0 heterocycles. The van der Waals surface area contributed by atoms with E-state index in [4.69, 9.17) is 0 Å². The first-order chi connectivity index (χ1) is 5.16. The highest BCUT2D eigenvalue weighted by molar-refractivity contribution is 7.99. The third-order valence-electron chi connectivity index (χ3n) is 1.13. The fraction of sp³-hybridized carbons (Fsp3) is 0.875. The summed E-state index contributed by atoms with van der Waals surface area (Å²) in [5.41, 5.74) is 0. The normalized spacial score (nSPS) is 10.2. The van der Waals surface area contributed by atoms with E-state index in [1.807, 2.05) is 0 Å². The zero-order valence-electron chi connectivity index (χ0n) is 7.42. The van der Waals surface area contributed by atoms with Gasteiger partial charge in [0.15, 0.2) is 0 Å². The lowest BCUT2D eigenvalue weighted by molar-refractivity contribution is -0.140. The first-order valence-corrected chi connectivity index (χ1v) is 4.97. The van der Waals surface area contributed by atoms with Crippen LogP contribution < -0.4 is 0 Å². The van der Waals surface area contributed by atoms with Crippen molar-refractivity contribution in [3.8, 4) is 0 Å². The molecule has 0 spiro atoms. The third-order valence-corrected chi connectivity index (χ3v) is 2.52. The number of ether oxygens (including phenoxy) is 1. The molecule has 0 fully saturated rings. The average molecular weight is 176 g/mol. The molecule has 0 radical (unpaired) electrons. The van der Waals surface area contributed by atoms with E-state index in [0.29, 0.717) is 12.3 Å². The van der Waals surface area contributed by atoms with Gasteiger partial charge in [-0.05, 0) is 11.7 Å². The lowest BCUT2D eigenvalue weighted by atomic mass is 10.3. The second-order valence-corrected chi connectivity index (χ2v) is 3.94. The number of carbonyl (C=O) groups is 1. The van der Waals surface area contributed by atoms with Gasteiger partial charge in [-0.25, -0.2) is 0 Å². The van der Waals surface area contributed by atoms with Crippen molar-refractivity contribution in [1.82, 2.24) is 0 Å². The Kier molecular flexibility index (Phi) is 6.42. The Morgan fingerprint density at radius 3 is 2.64 bits per heavy atom. The van der Waals surface area contributed by atoms with Crippen molar-refractivity contribution in [2.24, 2.45) is 5.92 Å². The van der Waals surface area contributed by atoms with Crippen molar-refractivity contribution >= 4 is 17.7 Å². The maximum Gasteiger partial charge on any atom is 0.306 e. The number of thioether (sulfide) groups is 1. The van der Waals surface area contributed by atoms with E-state index in [-0.39, 0.29) is 5.97 Å². The summed E-state index contributed by atoms with van der Waals surface area (Å²) in [5.74, 6) is 2.60. The summed E-state index contributed by atoms with van der Waals surface area (Å²) in [6.07, 6.45) is 0.536. The smallest absolute Gasteiger partial charge is 0.306 e. The summed E-state index contributed by atoms with van der Waals surface area (Å²) in [4.78, 5) is 10.6. The SMILES string of the molecule is COC(=O)CCSCC(C)C. The molecular formula is C8H16O2S. The Labute approximate surface area is 72.7 Å². The predicted molar refractivity (Wildman–Crippen MR) is 48.8 cm³/mol. The van der Waals surface area contributed by atoms with Gasteiger partial charge in [-0.2, -0.15) is 11.8 Å². The highest BCUT2D eigenvalue weighted by atomic mass is 32.2. The highest BCUT2D eigenvalue weighted by Gasteiger charge is 2.00. The van der Waals surface area contributed by atoms with Gasteiger partial charge in [0.05, 0.1) is 13.5 Å². The lowest BCUT2D eigenvalue weighted by Crippen LogP contribution is -2.02. The molecule has 0 aromatic rings. The van der Waals surface area contributed by atoms with Crippen LogP contribution in [0, 0.1) is 5.92 Å². The summed E-state index contributed by atoms with van der Waals surface area (Å²) in [6, 6.07) is 0. The molecule has 2 nitrogen and oxygen atoms in total. The maximum atomic E-state index is 10.6. The average Bonchev–Trinajstić information content (AvgIpc) is 1.97. The quantitative estimate of drug-likeness (QED) is 0.473. The van der Waals surface area contributed by atoms with Gasteiger partial charge in [0, 0.05) is 5.75 Å².